The molecule has 4 rings (SSSR count). The van der Waals surface area contributed by atoms with E-state index < -0.39 is 15.9 Å². The second-order valence-corrected chi connectivity index (χ2v) is 11.9. The number of hydrogen-bond donors (Lipinski definition) is 0. The van der Waals surface area contributed by atoms with Crippen molar-refractivity contribution in [1.82, 2.24) is 9.29 Å². The summed E-state index contributed by atoms with van der Waals surface area (Å²) in [6.07, 6.45) is 1.57. The predicted octanol–water partition coefficient (Wildman–Crippen LogP) is 5.41. The van der Waals surface area contributed by atoms with Crippen molar-refractivity contribution in [3.63, 3.8) is 0 Å². The van der Waals surface area contributed by atoms with E-state index in [9.17, 15) is 13.2 Å². The number of aromatic nitrogens is 1. The molecule has 0 saturated heterocycles. The zero-order valence-electron chi connectivity index (χ0n) is 22.0. The van der Waals surface area contributed by atoms with Crippen LogP contribution in [0.5, 0.6) is 0 Å². The van der Waals surface area contributed by atoms with Gasteiger partial charge in [0.25, 0.3) is 5.91 Å². The van der Waals surface area contributed by atoms with Gasteiger partial charge in [0.15, 0.2) is 0 Å². The van der Waals surface area contributed by atoms with E-state index in [2.05, 4.69) is 10.1 Å². The lowest BCUT2D eigenvalue weighted by atomic mass is 10.2. The lowest BCUT2D eigenvalue weighted by Gasteiger charge is -2.20. The molecular weight excluding hydrogens is 544 g/mol. The van der Waals surface area contributed by atoms with Gasteiger partial charge in [-0.25, -0.2) is 13.4 Å². The summed E-state index contributed by atoms with van der Waals surface area (Å²) in [6, 6.07) is 22.9. The number of amides is 1. The van der Waals surface area contributed by atoms with Crippen LogP contribution in [0.1, 0.15) is 39.9 Å². The molecule has 1 heterocycles. The number of nitrogens with zero attached hydrogens (tertiary/aromatic N) is 6. The third-order valence-electron chi connectivity index (χ3n) is 5.99. The molecule has 9 nitrogen and oxygen atoms in total. The van der Waals surface area contributed by atoms with E-state index in [1.807, 2.05) is 68.5 Å². The van der Waals surface area contributed by atoms with Gasteiger partial charge in [-0.15, -0.1) is 0 Å². The number of thiazole rings is 1. The fraction of sp³-hybridized carbons (Fsp3) is 0.207. The quantitative estimate of drug-likeness (QED) is 0.185. The number of carbonyl (C=O) groups excluding carboxylic acids is 1. The molecule has 1 amide bonds. The number of aryl methyl sites for hydroxylation is 2. The highest BCUT2D eigenvalue weighted by atomic mass is 32.2. The van der Waals surface area contributed by atoms with Crippen molar-refractivity contribution in [2.45, 2.75) is 31.6 Å². The minimum absolute atomic E-state index is 0.00311. The molecule has 0 aliphatic heterocycles. The van der Waals surface area contributed by atoms with E-state index in [1.165, 1.54) is 40.6 Å². The Morgan fingerprint density at radius 1 is 0.950 bits per heavy atom. The fourth-order valence-electron chi connectivity index (χ4n) is 3.82. The van der Waals surface area contributed by atoms with Crippen molar-refractivity contribution >= 4 is 48.8 Å². The second-order valence-electron chi connectivity index (χ2n) is 8.98. The monoisotopic (exact) mass is 570 g/mol. The average Bonchev–Trinajstić information content (AvgIpc) is 3.36. The third-order valence-corrected chi connectivity index (χ3v) is 8.90. The Morgan fingerprint density at radius 2 is 1.57 bits per heavy atom. The first-order valence-electron chi connectivity index (χ1n) is 12.4. The molecule has 0 aliphatic carbocycles. The molecule has 40 heavy (non-hydrogen) atoms. The first-order valence-corrected chi connectivity index (χ1v) is 14.6. The summed E-state index contributed by atoms with van der Waals surface area (Å²) >= 11 is 1.33. The average molecular weight is 571 g/mol. The zero-order chi connectivity index (χ0) is 28.7. The van der Waals surface area contributed by atoms with E-state index in [0.29, 0.717) is 5.13 Å². The molecule has 0 aliphatic rings. The van der Waals surface area contributed by atoms with E-state index in [-0.39, 0.29) is 36.4 Å². The standard InChI is InChI=1S/C29H26N6O3S2/c1-21-5-8-23(9-6-21)20-32-35(29-33-26-14-7-22(2)19-27(26)39-29)28(36)24-10-12-25(13-11-24)40(37,38)34(17-3-15-30)18-4-16-31/h5-14,19-20H,3-4,17-18H2,1-2H3/b32-20+. The normalized spacial score (nSPS) is 11.5. The van der Waals surface area contributed by atoms with Crippen LogP contribution >= 0.6 is 11.3 Å². The van der Waals surface area contributed by atoms with Gasteiger partial charge in [-0.2, -0.15) is 24.9 Å². The van der Waals surface area contributed by atoms with E-state index in [1.54, 1.807) is 6.21 Å². The van der Waals surface area contributed by atoms with Gasteiger partial charge in [-0.3, -0.25) is 4.79 Å². The summed E-state index contributed by atoms with van der Waals surface area (Å²) in [7, 11) is -3.97. The molecule has 11 heteroatoms. The van der Waals surface area contributed by atoms with Crippen molar-refractivity contribution in [2.24, 2.45) is 5.10 Å². The van der Waals surface area contributed by atoms with Crippen molar-refractivity contribution in [1.29, 1.82) is 10.5 Å². The lowest BCUT2D eigenvalue weighted by Crippen LogP contribution is -2.33. The van der Waals surface area contributed by atoms with Crippen LogP contribution in [-0.4, -0.2) is 42.9 Å². The Kier molecular flexibility index (Phi) is 9.02. The topological polar surface area (TPSA) is 131 Å². The predicted molar refractivity (Wildman–Crippen MR) is 156 cm³/mol. The minimum atomic E-state index is -3.97. The molecule has 0 bridgehead atoms. The number of fused-ring (bicyclic) bond motifs is 1. The van der Waals surface area contributed by atoms with Gasteiger partial charge in [0, 0.05) is 31.5 Å². The Bertz CT molecular complexity index is 1710. The van der Waals surface area contributed by atoms with Gasteiger partial charge >= 0.3 is 0 Å². The van der Waals surface area contributed by atoms with Gasteiger partial charge in [0.2, 0.25) is 15.2 Å². The van der Waals surface area contributed by atoms with Crippen LogP contribution in [0.2, 0.25) is 0 Å². The summed E-state index contributed by atoms with van der Waals surface area (Å²) in [5.41, 5.74) is 3.93. The van der Waals surface area contributed by atoms with Crippen LogP contribution in [-0.2, 0) is 10.0 Å². The van der Waals surface area contributed by atoms with Crippen LogP contribution in [0, 0.1) is 36.5 Å². The molecule has 0 saturated carbocycles. The number of nitriles is 2. The second kappa shape index (κ2) is 12.6. The van der Waals surface area contributed by atoms with Crippen molar-refractivity contribution in [2.75, 3.05) is 18.1 Å². The lowest BCUT2D eigenvalue weighted by molar-refractivity contribution is 0.0987. The summed E-state index contributed by atoms with van der Waals surface area (Å²) < 4.78 is 28.4. The number of benzene rings is 3. The van der Waals surface area contributed by atoms with Gasteiger partial charge in [0.05, 0.1) is 33.5 Å². The van der Waals surface area contributed by atoms with Crippen LogP contribution in [0.15, 0.2) is 76.7 Å². The third kappa shape index (κ3) is 6.58. The largest absolute Gasteiger partial charge is 0.280 e. The number of sulfonamides is 1. The first-order chi connectivity index (χ1) is 19.2. The van der Waals surface area contributed by atoms with Crippen molar-refractivity contribution < 1.29 is 13.2 Å². The Morgan fingerprint density at radius 3 is 2.20 bits per heavy atom. The smallest absolute Gasteiger partial charge is 0.267 e. The maximum absolute atomic E-state index is 13.7. The highest BCUT2D eigenvalue weighted by Gasteiger charge is 2.26. The van der Waals surface area contributed by atoms with Crippen LogP contribution < -0.4 is 5.01 Å². The maximum Gasteiger partial charge on any atom is 0.280 e. The molecule has 0 radical (unpaired) electrons. The number of anilines is 1. The molecule has 0 unspecified atom stereocenters. The maximum atomic E-state index is 13.7. The van der Waals surface area contributed by atoms with Crippen LogP contribution in [0.4, 0.5) is 5.13 Å². The number of hydrogen-bond acceptors (Lipinski definition) is 8. The van der Waals surface area contributed by atoms with Gasteiger partial charge < -0.3 is 0 Å². The Balaban J connectivity index is 1.67. The molecule has 0 spiro atoms. The summed E-state index contributed by atoms with van der Waals surface area (Å²) in [5, 5.41) is 23.9. The van der Waals surface area contributed by atoms with Gasteiger partial charge in [-0.05, 0) is 61.4 Å². The van der Waals surface area contributed by atoms with Gasteiger partial charge in [0.1, 0.15) is 0 Å². The molecular formula is C29H26N6O3S2. The molecule has 3 aromatic carbocycles. The molecule has 1 aromatic heterocycles. The van der Waals surface area contributed by atoms with Gasteiger partial charge in [-0.1, -0.05) is 47.2 Å². The molecule has 202 valence electrons. The molecule has 0 N–H and O–H groups in total. The first kappa shape index (κ1) is 28.6. The van der Waals surface area contributed by atoms with Crippen LogP contribution in [0.3, 0.4) is 0 Å². The fourth-order valence-corrected chi connectivity index (χ4v) is 6.28. The van der Waals surface area contributed by atoms with Crippen LogP contribution in [0.25, 0.3) is 10.2 Å². The minimum Gasteiger partial charge on any atom is -0.267 e. The zero-order valence-corrected chi connectivity index (χ0v) is 23.6. The summed E-state index contributed by atoms with van der Waals surface area (Å²) in [6.45, 7) is 3.91. The van der Waals surface area contributed by atoms with E-state index in [0.717, 1.165) is 31.2 Å². The molecule has 0 fully saturated rings. The molecule has 0 atom stereocenters. The number of rotatable bonds is 10. The van der Waals surface area contributed by atoms with Crippen molar-refractivity contribution in [3.8, 4) is 12.1 Å². The molecule has 4 aromatic rings. The van der Waals surface area contributed by atoms with Crippen molar-refractivity contribution in [3.05, 3.63) is 89.0 Å². The SMILES string of the molecule is Cc1ccc(/C=N/N(C(=O)c2ccc(S(=O)(=O)N(CCC#N)CCC#N)cc2)c2nc3ccc(C)cc3s2)cc1. The van der Waals surface area contributed by atoms with E-state index >= 15 is 0 Å². The highest BCUT2D eigenvalue weighted by molar-refractivity contribution is 7.89. The summed E-state index contributed by atoms with van der Waals surface area (Å²) in [4.78, 5) is 18.3. The highest BCUT2D eigenvalue weighted by Crippen LogP contribution is 2.31. The number of hydrazone groups is 1. The van der Waals surface area contributed by atoms with E-state index in [4.69, 9.17) is 10.5 Å². The Labute approximate surface area is 237 Å². The number of carbonyl (C=O) groups is 1. The Hall–Kier alpha value is -4.42. The summed E-state index contributed by atoms with van der Waals surface area (Å²) in [5.74, 6) is -0.478.